The van der Waals surface area contributed by atoms with E-state index in [4.69, 9.17) is 12.2 Å². The van der Waals surface area contributed by atoms with Crippen LogP contribution in [0.5, 0.6) is 0 Å². The van der Waals surface area contributed by atoms with Gasteiger partial charge in [-0.1, -0.05) is 6.07 Å². The number of aryl methyl sites for hydroxylation is 1. The number of imidazole rings is 1. The van der Waals surface area contributed by atoms with E-state index in [1.165, 1.54) is 0 Å². The molecule has 1 aromatic carbocycles. The first-order valence-electron chi connectivity index (χ1n) is 6.37. The van der Waals surface area contributed by atoms with E-state index >= 15 is 0 Å². The molecule has 3 rings (SSSR count). The van der Waals surface area contributed by atoms with Crippen molar-refractivity contribution in [2.75, 3.05) is 11.5 Å². The summed E-state index contributed by atoms with van der Waals surface area (Å²) in [5.41, 5.74) is 3.14. The molecule has 6 heteroatoms. The molecule has 0 saturated carbocycles. The van der Waals surface area contributed by atoms with Gasteiger partial charge in [0.1, 0.15) is 0 Å². The smallest absolute Gasteiger partial charge is 0.178 e. The molecule has 102 valence electrons. The van der Waals surface area contributed by atoms with Crippen molar-refractivity contribution in [3.05, 3.63) is 28.5 Å². The Labute approximate surface area is 117 Å². The molecule has 19 heavy (non-hydrogen) atoms. The number of sulfone groups is 1. The van der Waals surface area contributed by atoms with Gasteiger partial charge in [-0.2, -0.15) is 0 Å². The van der Waals surface area contributed by atoms with Crippen LogP contribution in [-0.2, 0) is 9.84 Å². The quantitative estimate of drug-likeness (QED) is 0.823. The highest BCUT2D eigenvalue weighted by atomic mass is 32.2. The zero-order valence-electron chi connectivity index (χ0n) is 10.7. The van der Waals surface area contributed by atoms with Gasteiger partial charge in [-0.05, 0) is 49.7 Å². The highest BCUT2D eigenvalue weighted by molar-refractivity contribution is 7.91. The van der Waals surface area contributed by atoms with Crippen LogP contribution in [0.2, 0.25) is 0 Å². The summed E-state index contributed by atoms with van der Waals surface area (Å²) in [4.78, 5) is 3.18. The monoisotopic (exact) mass is 296 g/mol. The van der Waals surface area contributed by atoms with Crippen molar-refractivity contribution in [1.29, 1.82) is 0 Å². The van der Waals surface area contributed by atoms with E-state index in [2.05, 4.69) is 4.98 Å². The van der Waals surface area contributed by atoms with E-state index < -0.39 is 9.84 Å². The number of nitrogens with zero attached hydrogens (tertiary/aromatic N) is 1. The molecule has 1 aliphatic heterocycles. The molecule has 1 aromatic heterocycles. The molecule has 4 nitrogen and oxygen atoms in total. The van der Waals surface area contributed by atoms with Crippen molar-refractivity contribution in [2.24, 2.45) is 0 Å². The zero-order chi connectivity index (χ0) is 13.6. The summed E-state index contributed by atoms with van der Waals surface area (Å²) in [6, 6.07) is 6.04. The lowest BCUT2D eigenvalue weighted by atomic mass is 10.1. The fourth-order valence-electron chi connectivity index (χ4n) is 2.81. The number of rotatable bonds is 1. The minimum atomic E-state index is -2.93. The summed E-state index contributed by atoms with van der Waals surface area (Å²) < 4.78 is 26.2. The number of hydrogen-bond donors (Lipinski definition) is 1. The summed E-state index contributed by atoms with van der Waals surface area (Å²) >= 11 is 5.36. The van der Waals surface area contributed by atoms with Gasteiger partial charge in [0.05, 0.1) is 28.6 Å². The second-order valence-corrected chi connectivity index (χ2v) is 7.85. The van der Waals surface area contributed by atoms with Crippen LogP contribution in [0.1, 0.15) is 24.4 Å². The molecule has 0 amide bonds. The molecule has 1 saturated heterocycles. The SMILES string of the molecule is Cc1ccc2c(c1)[nH]c(=S)n2C1CCCS(=O)(=O)C1. The zero-order valence-corrected chi connectivity index (χ0v) is 12.4. The van der Waals surface area contributed by atoms with Gasteiger partial charge in [0.25, 0.3) is 0 Å². The Hall–Kier alpha value is -1.14. The number of nitrogens with one attached hydrogen (secondary N) is 1. The summed E-state index contributed by atoms with van der Waals surface area (Å²) in [5.74, 6) is 0.500. The average molecular weight is 296 g/mol. The molecule has 0 bridgehead atoms. The van der Waals surface area contributed by atoms with Gasteiger partial charge in [-0.3, -0.25) is 0 Å². The lowest BCUT2D eigenvalue weighted by Crippen LogP contribution is -2.27. The Kier molecular flexibility index (Phi) is 3.02. The predicted octanol–water partition coefficient (Wildman–Crippen LogP) is 2.76. The molecule has 2 heterocycles. The van der Waals surface area contributed by atoms with Crippen molar-refractivity contribution in [1.82, 2.24) is 9.55 Å². The largest absolute Gasteiger partial charge is 0.331 e. The maximum atomic E-state index is 11.8. The second kappa shape index (κ2) is 4.45. The maximum Gasteiger partial charge on any atom is 0.178 e. The Morgan fingerprint density at radius 3 is 2.95 bits per heavy atom. The van der Waals surface area contributed by atoms with Crippen molar-refractivity contribution in [3.8, 4) is 0 Å². The van der Waals surface area contributed by atoms with Gasteiger partial charge in [-0.15, -0.1) is 0 Å². The summed E-state index contributed by atoms with van der Waals surface area (Å²) in [6.07, 6.45) is 1.58. The highest BCUT2D eigenvalue weighted by Crippen LogP contribution is 2.28. The Morgan fingerprint density at radius 2 is 2.21 bits per heavy atom. The van der Waals surface area contributed by atoms with E-state index in [1.54, 1.807) is 0 Å². The van der Waals surface area contributed by atoms with Crippen molar-refractivity contribution in [2.45, 2.75) is 25.8 Å². The molecular weight excluding hydrogens is 280 g/mol. The molecular formula is C13H16N2O2S2. The van der Waals surface area contributed by atoms with E-state index in [9.17, 15) is 8.42 Å². The van der Waals surface area contributed by atoms with Crippen molar-refractivity contribution >= 4 is 33.1 Å². The summed E-state index contributed by atoms with van der Waals surface area (Å²) in [7, 11) is -2.93. The number of hydrogen-bond acceptors (Lipinski definition) is 3. The highest BCUT2D eigenvalue weighted by Gasteiger charge is 2.27. The summed E-state index contributed by atoms with van der Waals surface area (Å²) in [5, 5.41) is 0. The third-order valence-electron chi connectivity index (χ3n) is 3.68. The van der Waals surface area contributed by atoms with Crippen molar-refractivity contribution < 1.29 is 8.42 Å². The van der Waals surface area contributed by atoms with Gasteiger partial charge in [0.15, 0.2) is 14.6 Å². The maximum absolute atomic E-state index is 11.8. The summed E-state index contributed by atoms with van der Waals surface area (Å²) in [6.45, 7) is 2.03. The molecule has 0 spiro atoms. The number of aromatic nitrogens is 2. The van der Waals surface area contributed by atoms with Gasteiger partial charge < -0.3 is 9.55 Å². The molecule has 1 fully saturated rings. The van der Waals surface area contributed by atoms with Crippen LogP contribution >= 0.6 is 12.2 Å². The fourth-order valence-corrected chi connectivity index (χ4v) is 4.84. The third kappa shape index (κ3) is 2.34. The number of H-pyrrole nitrogens is 1. The number of benzene rings is 1. The van der Waals surface area contributed by atoms with Crippen LogP contribution < -0.4 is 0 Å². The molecule has 1 aliphatic rings. The standard InChI is InChI=1S/C13H16N2O2S2/c1-9-4-5-12-11(7-9)14-13(18)15(12)10-3-2-6-19(16,17)8-10/h4-5,7,10H,2-3,6,8H2,1H3,(H,14,18). The van der Waals surface area contributed by atoms with Gasteiger partial charge in [0, 0.05) is 0 Å². The normalized spacial score (nSPS) is 22.7. The Bertz CT molecular complexity index is 787. The first-order valence-corrected chi connectivity index (χ1v) is 8.60. The fraction of sp³-hybridized carbons (Fsp3) is 0.462. The van der Waals surface area contributed by atoms with E-state index in [1.807, 2.05) is 29.7 Å². The van der Waals surface area contributed by atoms with Crippen LogP contribution in [-0.4, -0.2) is 29.5 Å². The topological polar surface area (TPSA) is 54.9 Å². The number of aromatic amines is 1. The van der Waals surface area contributed by atoms with Gasteiger partial charge in [-0.25, -0.2) is 8.42 Å². The first-order chi connectivity index (χ1) is 8.96. The van der Waals surface area contributed by atoms with Crippen molar-refractivity contribution in [3.63, 3.8) is 0 Å². The number of fused-ring (bicyclic) bond motifs is 1. The molecule has 1 atom stereocenters. The molecule has 0 aliphatic carbocycles. The Balaban J connectivity index is 2.15. The lowest BCUT2D eigenvalue weighted by Gasteiger charge is -2.23. The van der Waals surface area contributed by atoms with E-state index in [-0.39, 0.29) is 11.8 Å². The van der Waals surface area contributed by atoms with E-state index in [0.717, 1.165) is 23.0 Å². The molecule has 0 radical (unpaired) electrons. The molecule has 1 N–H and O–H groups in total. The second-order valence-electron chi connectivity index (χ2n) is 5.23. The first kappa shape index (κ1) is 12.9. The van der Waals surface area contributed by atoms with Crippen LogP contribution in [0.3, 0.4) is 0 Å². The van der Waals surface area contributed by atoms with Gasteiger partial charge >= 0.3 is 0 Å². The molecule has 1 unspecified atom stereocenters. The van der Waals surface area contributed by atoms with Crippen LogP contribution in [0, 0.1) is 11.7 Å². The van der Waals surface area contributed by atoms with Crippen LogP contribution in [0.4, 0.5) is 0 Å². The van der Waals surface area contributed by atoms with E-state index in [0.29, 0.717) is 16.9 Å². The minimum Gasteiger partial charge on any atom is -0.331 e. The Morgan fingerprint density at radius 1 is 1.42 bits per heavy atom. The minimum absolute atomic E-state index is 0.0392. The van der Waals surface area contributed by atoms with Crippen LogP contribution in [0.15, 0.2) is 18.2 Å². The predicted molar refractivity (Wildman–Crippen MR) is 78.8 cm³/mol. The third-order valence-corrected chi connectivity index (χ3v) is 5.78. The van der Waals surface area contributed by atoms with Crippen LogP contribution in [0.25, 0.3) is 11.0 Å². The van der Waals surface area contributed by atoms with Gasteiger partial charge in [0.2, 0.25) is 0 Å². The average Bonchev–Trinajstić information content (AvgIpc) is 2.62. The molecule has 2 aromatic rings. The lowest BCUT2D eigenvalue weighted by molar-refractivity contribution is 0.475.